The largest absolute Gasteiger partial charge is 0.392 e. The van der Waals surface area contributed by atoms with Gasteiger partial charge in [0.05, 0.1) is 0 Å². The maximum absolute atomic E-state index is 9.43. The van der Waals surface area contributed by atoms with Crippen LogP contribution in [0.4, 0.5) is 0 Å². The van der Waals surface area contributed by atoms with Crippen molar-refractivity contribution >= 4 is 24.8 Å². The van der Waals surface area contributed by atoms with Gasteiger partial charge in [0.1, 0.15) is 11.0 Å². The summed E-state index contributed by atoms with van der Waals surface area (Å²) in [5.41, 5.74) is 0. The van der Waals surface area contributed by atoms with Crippen LogP contribution in [0.25, 0.3) is 0 Å². The van der Waals surface area contributed by atoms with Crippen LogP contribution in [0.15, 0.2) is 0 Å². The molecular weight excluding hydrogens is 264 g/mol. The Balaban J connectivity index is 0. The van der Waals surface area contributed by atoms with Crippen LogP contribution < -0.4 is 0 Å². The van der Waals surface area contributed by atoms with Crippen LogP contribution in [0.3, 0.4) is 0 Å². The Kier molecular flexibility index (Phi) is 8.61. The second kappa shape index (κ2) is 5.94. The van der Waals surface area contributed by atoms with E-state index in [2.05, 4.69) is 0 Å². The molecule has 50 valence electrons. The number of rotatable bonds is 2. The molecule has 0 aromatic heterocycles. The summed E-state index contributed by atoms with van der Waals surface area (Å²) in [6, 6.07) is 0. The van der Waals surface area contributed by atoms with Gasteiger partial charge in [0.25, 0.3) is 0 Å². The first kappa shape index (κ1) is 11.6. The molecule has 0 bridgehead atoms. The molecule has 0 rings (SSSR count). The average Bonchev–Trinajstić information content (AvgIpc) is 1.27. The van der Waals surface area contributed by atoms with Gasteiger partial charge in [-0.2, -0.15) is 0 Å². The predicted octanol–water partition coefficient (Wildman–Crippen LogP) is 1.89. The zero-order valence-electron chi connectivity index (χ0n) is 3.25. The summed E-state index contributed by atoms with van der Waals surface area (Å²) >= 11 is -0.0833. The molecule has 0 aromatic carbocycles. The van der Waals surface area contributed by atoms with Crippen molar-refractivity contribution in [2.45, 2.75) is 0 Å². The summed E-state index contributed by atoms with van der Waals surface area (Å²) in [7, 11) is 0. The molecule has 0 aliphatic carbocycles. The van der Waals surface area contributed by atoms with Crippen molar-refractivity contribution in [3.05, 3.63) is 0 Å². The third-order valence-corrected chi connectivity index (χ3v) is 3.60. The average molecular weight is 264 g/mol. The van der Waals surface area contributed by atoms with E-state index < -0.39 is 13.8 Å². The Labute approximate surface area is 63.6 Å². The summed E-state index contributed by atoms with van der Waals surface area (Å²) < 4.78 is 37.7. The van der Waals surface area contributed by atoms with Crippen molar-refractivity contribution in [1.29, 1.82) is 0 Å². The topological polar surface area (TPSA) is 68.3 Å². The molecule has 8 heavy (non-hydrogen) atoms. The van der Waals surface area contributed by atoms with Crippen LogP contribution in [-0.2, 0) is 38.7 Å². The van der Waals surface area contributed by atoms with Crippen LogP contribution >= 0.6 is 24.8 Å². The van der Waals surface area contributed by atoms with E-state index in [9.17, 15) is 18.3 Å². The SMILES string of the molecule is O=P(=O)SP(=O)=O.[Pd]. The maximum atomic E-state index is 9.43. The van der Waals surface area contributed by atoms with Gasteiger partial charge in [-0.25, -0.2) is 18.3 Å². The van der Waals surface area contributed by atoms with E-state index in [0.717, 1.165) is 0 Å². The first-order chi connectivity index (χ1) is 3.13. The van der Waals surface area contributed by atoms with Crippen LogP contribution in [0.5, 0.6) is 0 Å². The van der Waals surface area contributed by atoms with E-state index in [1.807, 2.05) is 0 Å². The van der Waals surface area contributed by atoms with Crippen molar-refractivity contribution in [1.82, 2.24) is 0 Å². The van der Waals surface area contributed by atoms with Gasteiger partial charge >= 0.3 is 13.8 Å². The fourth-order valence-corrected chi connectivity index (χ4v) is 1.47. The Hall–Kier alpha value is 0.812. The number of hydrogen-bond acceptors (Lipinski definition) is 5. The van der Waals surface area contributed by atoms with Crippen molar-refractivity contribution in [2.24, 2.45) is 0 Å². The summed E-state index contributed by atoms with van der Waals surface area (Å²) in [5.74, 6) is 0. The van der Waals surface area contributed by atoms with Crippen molar-refractivity contribution in [3.63, 3.8) is 0 Å². The fourth-order valence-electron chi connectivity index (χ4n) is 0.0544. The minimum absolute atomic E-state index is 0. The van der Waals surface area contributed by atoms with E-state index in [4.69, 9.17) is 0 Å². The molecule has 0 unspecified atom stereocenters. The third kappa shape index (κ3) is 9.94. The number of hydrogen-bond donors (Lipinski definition) is 0. The van der Waals surface area contributed by atoms with Crippen molar-refractivity contribution < 1.29 is 38.7 Å². The second-order valence-corrected chi connectivity index (χ2v) is 5.34. The summed E-state index contributed by atoms with van der Waals surface area (Å²) in [5, 5.41) is 0. The maximum Gasteiger partial charge on any atom is 0.392 e. The molecule has 0 aliphatic heterocycles. The van der Waals surface area contributed by atoms with Gasteiger partial charge in [0.15, 0.2) is 0 Å². The second-order valence-electron chi connectivity index (χ2n) is 0.529. The van der Waals surface area contributed by atoms with E-state index >= 15 is 0 Å². The molecule has 0 saturated heterocycles. The molecule has 0 N–H and O–H groups in total. The van der Waals surface area contributed by atoms with Crippen molar-refractivity contribution in [3.8, 4) is 0 Å². The summed E-state index contributed by atoms with van der Waals surface area (Å²) in [6.07, 6.45) is 0. The molecule has 0 aliphatic rings. The molecule has 0 fully saturated rings. The van der Waals surface area contributed by atoms with Crippen LogP contribution in [0, 0.1) is 0 Å². The van der Waals surface area contributed by atoms with Gasteiger partial charge in [0.2, 0.25) is 0 Å². The first-order valence-corrected chi connectivity index (χ1v) is 5.48. The zero-order chi connectivity index (χ0) is 5.86. The van der Waals surface area contributed by atoms with E-state index in [1.54, 1.807) is 0 Å². The predicted molar refractivity (Wildman–Crippen MR) is 24.2 cm³/mol. The molecule has 0 aromatic rings. The third-order valence-electron chi connectivity index (χ3n) is 0.133. The Bertz CT molecular complexity index is 142. The van der Waals surface area contributed by atoms with E-state index in [-0.39, 0.29) is 31.4 Å². The van der Waals surface area contributed by atoms with Gasteiger partial charge in [-0.15, -0.1) is 0 Å². The molecule has 0 spiro atoms. The van der Waals surface area contributed by atoms with Gasteiger partial charge in [-0.3, -0.25) is 0 Å². The summed E-state index contributed by atoms with van der Waals surface area (Å²) in [4.78, 5) is 0. The smallest absolute Gasteiger partial charge is 0.224 e. The summed E-state index contributed by atoms with van der Waals surface area (Å²) in [6.45, 7) is -5.64. The molecule has 0 saturated carbocycles. The van der Waals surface area contributed by atoms with Gasteiger partial charge < -0.3 is 0 Å². The van der Waals surface area contributed by atoms with Crippen LogP contribution in [0.1, 0.15) is 0 Å². The molecule has 4 nitrogen and oxygen atoms in total. The Morgan fingerprint density at radius 3 is 1.12 bits per heavy atom. The molecular formula is O4P2PdS. The molecule has 0 atom stereocenters. The van der Waals surface area contributed by atoms with Gasteiger partial charge in [-0.1, -0.05) is 0 Å². The van der Waals surface area contributed by atoms with Crippen molar-refractivity contribution in [2.75, 3.05) is 0 Å². The van der Waals surface area contributed by atoms with Gasteiger partial charge in [-0.05, 0) is 0 Å². The molecule has 0 amide bonds. The minimum Gasteiger partial charge on any atom is -0.224 e. The zero-order valence-corrected chi connectivity index (χ0v) is 7.41. The van der Waals surface area contributed by atoms with Crippen LogP contribution in [0.2, 0.25) is 0 Å². The van der Waals surface area contributed by atoms with Crippen LogP contribution in [-0.4, -0.2) is 0 Å². The molecule has 8 heteroatoms. The molecule has 0 radical (unpaired) electrons. The normalized spacial score (nSPS) is 7.00. The quantitative estimate of drug-likeness (QED) is 0.563. The minimum atomic E-state index is -2.82. The van der Waals surface area contributed by atoms with E-state index in [0.29, 0.717) is 0 Å². The van der Waals surface area contributed by atoms with Gasteiger partial charge in [0, 0.05) is 20.4 Å². The first-order valence-electron chi connectivity index (χ1n) is 1.10. The monoisotopic (exact) mass is 264 g/mol. The molecule has 0 heterocycles. The fraction of sp³-hybridized carbons (Fsp3) is 0. The Morgan fingerprint density at radius 1 is 0.875 bits per heavy atom. The Morgan fingerprint density at radius 2 is 1.12 bits per heavy atom. The standard InChI is InChI=1S/O4P2S.Pd/c1-5(2)7-6(3)4;. The van der Waals surface area contributed by atoms with E-state index in [1.165, 1.54) is 0 Å².